The van der Waals surface area contributed by atoms with Crippen molar-refractivity contribution in [1.82, 2.24) is 29.5 Å². The van der Waals surface area contributed by atoms with Gasteiger partial charge in [0, 0.05) is 31.6 Å². The van der Waals surface area contributed by atoms with Crippen molar-refractivity contribution in [2.75, 3.05) is 31.1 Å². The SMILES string of the molecule is c1coc(-c2nc3nc(N4CCN(Cc5cc6ccccc6o5)CC4)ncn3n2)c1. The van der Waals surface area contributed by atoms with E-state index >= 15 is 0 Å². The number of benzene rings is 1. The lowest BCUT2D eigenvalue weighted by Crippen LogP contribution is -2.46. The number of rotatable bonds is 4. The summed E-state index contributed by atoms with van der Waals surface area (Å²) in [6.07, 6.45) is 3.25. The van der Waals surface area contributed by atoms with Crippen LogP contribution in [0.4, 0.5) is 5.95 Å². The van der Waals surface area contributed by atoms with E-state index in [4.69, 9.17) is 8.83 Å². The van der Waals surface area contributed by atoms with Crippen molar-refractivity contribution in [3.05, 3.63) is 60.8 Å². The molecule has 0 unspecified atom stereocenters. The normalized spacial score (nSPS) is 15.4. The summed E-state index contributed by atoms with van der Waals surface area (Å²) in [5.41, 5.74) is 0.940. The van der Waals surface area contributed by atoms with Crippen LogP contribution in [0.2, 0.25) is 0 Å². The Kier molecular flexibility index (Phi) is 3.98. The molecule has 4 aromatic heterocycles. The molecule has 1 aromatic carbocycles. The Hall–Kier alpha value is -3.72. The zero-order valence-electron chi connectivity index (χ0n) is 16.2. The summed E-state index contributed by atoms with van der Waals surface area (Å²) in [5, 5.41) is 5.52. The molecule has 0 spiro atoms. The third-order valence-corrected chi connectivity index (χ3v) is 5.35. The van der Waals surface area contributed by atoms with Gasteiger partial charge in [-0.25, -0.2) is 4.98 Å². The van der Waals surface area contributed by atoms with Gasteiger partial charge in [-0.05, 0) is 24.3 Å². The maximum Gasteiger partial charge on any atom is 0.257 e. The van der Waals surface area contributed by atoms with E-state index in [2.05, 4.69) is 42.0 Å². The van der Waals surface area contributed by atoms with Crippen molar-refractivity contribution >= 4 is 22.7 Å². The van der Waals surface area contributed by atoms with Crippen LogP contribution >= 0.6 is 0 Å². The number of hydrogen-bond donors (Lipinski definition) is 0. The molecular formula is C21H19N7O2. The van der Waals surface area contributed by atoms with Gasteiger partial charge in [0.2, 0.25) is 11.8 Å². The van der Waals surface area contributed by atoms with E-state index in [9.17, 15) is 0 Å². The zero-order valence-corrected chi connectivity index (χ0v) is 16.2. The van der Waals surface area contributed by atoms with Gasteiger partial charge < -0.3 is 13.7 Å². The number of anilines is 1. The molecule has 1 aliphatic heterocycles. The van der Waals surface area contributed by atoms with Gasteiger partial charge in [-0.2, -0.15) is 14.5 Å². The Morgan fingerprint density at radius 2 is 1.87 bits per heavy atom. The second kappa shape index (κ2) is 6.96. The fraction of sp³-hybridized carbons (Fsp3) is 0.238. The molecule has 1 saturated heterocycles. The average molecular weight is 401 g/mol. The van der Waals surface area contributed by atoms with Crippen LogP contribution in [0.25, 0.3) is 28.3 Å². The zero-order chi connectivity index (χ0) is 19.9. The topological polar surface area (TPSA) is 88.7 Å². The summed E-state index contributed by atoms with van der Waals surface area (Å²) in [5.74, 6) is 3.29. The van der Waals surface area contributed by atoms with E-state index in [0.29, 0.717) is 23.3 Å². The maximum atomic E-state index is 5.96. The Morgan fingerprint density at radius 1 is 0.967 bits per heavy atom. The molecule has 30 heavy (non-hydrogen) atoms. The first-order valence-electron chi connectivity index (χ1n) is 9.90. The predicted molar refractivity (Wildman–Crippen MR) is 110 cm³/mol. The Labute approximate surface area is 171 Å². The minimum absolute atomic E-state index is 0.502. The first-order valence-corrected chi connectivity index (χ1v) is 9.90. The van der Waals surface area contributed by atoms with Crippen LogP contribution in [0, 0.1) is 0 Å². The highest BCUT2D eigenvalue weighted by Gasteiger charge is 2.21. The summed E-state index contributed by atoms with van der Waals surface area (Å²) < 4.78 is 12.9. The quantitative estimate of drug-likeness (QED) is 0.454. The van der Waals surface area contributed by atoms with Gasteiger partial charge in [-0.15, -0.1) is 5.10 Å². The lowest BCUT2D eigenvalue weighted by atomic mass is 10.2. The molecule has 0 saturated carbocycles. The molecule has 0 atom stereocenters. The van der Waals surface area contributed by atoms with Gasteiger partial charge in [0.25, 0.3) is 5.78 Å². The molecule has 9 nitrogen and oxygen atoms in total. The number of aromatic nitrogens is 5. The third-order valence-electron chi connectivity index (χ3n) is 5.35. The van der Waals surface area contributed by atoms with Crippen LogP contribution in [-0.2, 0) is 6.54 Å². The maximum absolute atomic E-state index is 5.96. The number of para-hydroxylation sites is 1. The van der Waals surface area contributed by atoms with E-state index in [0.717, 1.165) is 49.5 Å². The number of furan rings is 2. The van der Waals surface area contributed by atoms with Gasteiger partial charge in [0.05, 0.1) is 12.8 Å². The number of fused-ring (bicyclic) bond motifs is 2. The van der Waals surface area contributed by atoms with E-state index in [1.165, 1.54) is 0 Å². The monoisotopic (exact) mass is 401 g/mol. The average Bonchev–Trinajstić information content (AvgIpc) is 3.52. The molecule has 5 aromatic rings. The number of piperazine rings is 1. The smallest absolute Gasteiger partial charge is 0.257 e. The molecule has 6 rings (SSSR count). The summed E-state index contributed by atoms with van der Waals surface area (Å²) >= 11 is 0. The van der Waals surface area contributed by atoms with Crippen molar-refractivity contribution in [1.29, 1.82) is 0 Å². The molecule has 5 heterocycles. The predicted octanol–water partition coefficient (Wildman–Crippen LogP) is 2.85. The lowest BCUT2D eigenvalue weighted by molar-refractivity contribution is 0.232. The van der Waals surface area contributed by atoms with Crippen molar-refractivity contribution < 1.29 is 8.83 Å². The number of nitrogens with zero attached hydrogens (tertiary/aromatic N) is 7. The van der Waals surface area contributed by atoms with Crippen LogP contribution in [0.15, 0.2) is 63.9 Å². The molecule has 1 aliphatic rings. The fourth-order valence-corrected chi connectivity index (χ4v) is 3.80. The largest absolute Gasteiger partial charge is 0.461 e. The van der Waals surface area contributed by atoms with Crippen molar-refractivity contribution in [3.8, 4) is 11.6 Å². The van der Waals surface area contributed by atoms with Gasteiger partial charge in [0.1, 0.15) is 17.7 Å². The summed E-state index contributed by atoms with van der Waals surface area (Å²) in [6, 6.07) is 13.9. The van der Waals surface area contributed by atoms with Crippen molar-refractivity contribution in [2.45, 2.75) is 6.54 Å². The van der Waals surface area contributed by atoms with Crippen LogP contribution < -0.4 is 4.90 Å². The minimum atomic E-state index is 0.502. The second-order valence-corrected chi connectivity index (χ2v) is 7.33. The molecule has 0 aliphatic carbocycles. The highest BCUT2D eigenvalue weighted by atomic mass is 16.3. The van der Waals surface area contributed by atoms with E-state index in [1.807, 2.05) is 30.3 Å². The minimum Gasteiger partial charge on any atom is -0.461 e. The van der Waals surface area contributed by atoms with Gasteiger partial charge in [-0.1, -0.05) is 18.2 Å². The molecule has 0 amide bonds. The van der Waals surface area contributed by atoms with E-state index < -0.39 is 0 Å². The van der Waals surface area contributed by atoms with Crippen LogP contribution in [0.1, 0.15) is 5.76 Å². The second-order valence-electron chi connectivity index (χ2n) is 7.33. The van der Waals surface area contributed by atoms with Crippen molar-refractivity contribution in [3.63, 3.8) is 0 Å². The summed E-state index contributed by atoms with van der Waals surface area (Å²) in [6.45, 7) is 4.32. The first kappa shape index (κ1) is 17.2. The first-order chi connectivity index (χ1) is 14.8. The fourth-order valence-electron chi connectivity index (χ4n) is 3.80. The Morgan fingerprint density at radius 3 is 2.70 bits per heavy atom. The number of hydrogen-bond acceptors (Lipinski definition) is 8. The molecule has 9 heteroatoms. The van der Waals surface area contributed by atoms with Crippen LogP contribution in [0.5, 0.6) is 0 Å². The summed E-state index contributed by atoms with van der Waals surface area (Å²) in [4.78, 5) is 18.1. The molecular weight excluding hydrogens is 382 g/mol. The lowest BCUT2D eigenvalue weighted by Gasteiger charge is -2.34. The van der Waals surface area contributed by atoms with Crippen LogP contribution in [-0.4, -0.2) is 55.6 Å². The molecule has 0 radical (unpaired) electrons. The molecule has 150 valence electrons. The van der Waals surface area contributed by atoms with Gasteiger partial charge in [0.15, 0.2) is 5.76 Å². The molecule has 1 fully saturated rings. The van der Waals surface area contributed by atoms with Gasteiger partial charge in [-0.3, -0.25) is 4.90 Å². The van der Waals surface area contributed by atoms with Crippen molar-refractivity contribution in [2.24, 2.45) is 0 Å². The van der Waals surface area contributed by atoms with Crippen LogP contribution in [0.3, 0.4) is 0 Å². The molecule has 0 N–H and O–H groups in total. The Balaban J connectivity index is 1.14. The van der Waals surface area contributed by atoms with E-state index in [-0.39, 0.29) is 0 Å². The summed E-state index contributed by atoms with van der Waals surface area (Å²) in [7, 11) is 0. The van der Waals surface area contributed by atoms with Gasteiger partial charge >= 0.3 is 0 Å². The highest BCUT2D eigenvalue weighted by molar-refractivity contribution is 5.77. The van der Waals surface area contributed by atoms with E-state index in [1.54, 1.807) is 17.1 Å². The third kappa shape index (κ3) is 3.09. The standard InChI is InChI=1S/C21H19N7O2/c1-2-5-17-15(4-1)12-16(30-17)13-26-7-9-27(10-8-26)20-22-14-28-21(24-20)23-19(25-28)18-6-3-11-29-18/h1-6,11-12,14H,7-10,13H2. The molecule has 0 bridgehead atoms. The highest BCUT2D eigenvalue weighted by Crippen LogP contribution is 2.21. The Bertz CT molecular complexity index is 1270.